The van der Waals surface area contributed by atoms with Crippen LogP contribution in [0.1, 0.15) is 36.8 Å². The van der Waals surface area contributed by atoms with Crippen molar-refractivity contribution in [2.75, 3.05) is 33.3 Å². The second-order valence-electron chi connectivity index (χ2n) is 6.54. The highest BCUT2D eigenvalue weighted by atomic mass is 16.5. The van der Waals surface area contributed by atoms with Gasteiger partial charge in [0.25, 0.3) is 0 Å². The molecule has 0 bridgehead atoms. The first-order valence-electron chi connectivity index (χ1n) is 8.93. The highest BCUT2D eigenvalue weighted by molar-refractivity contribution is 5.80. The largest absolute Gasteiger partial charge is 0.466 e. The van der Waals surface area contributed by atoms with Gasteiger partial charge in [0.1, 0.15) is 0 Å². The molecule has 1 N–H and O–H groups in total. The number of likely N-dealkylation sites (tertiary alicyclic amines) is 1. The predicted octanol–water partition coefficient (Wildman–Crippen LogP) is 2.18. The molecule has 1 saturated heterocycles. The van der Waals surface area contributed by atoms with Gasteiger partial charge in [-0.05, 0) is 37.3 Å². The molecular formula is C19H27N3O2. The molecule has 24 heavy (non-hydrogen) atoms. The molecule has 3 rings (SSSR count). The van der Waals surface area contributed by atoms with Gasteiger partial charge >= 0.3 is 5.97 Å². The van der Waals surface area contributed by atoms with Gasteiger partial charge in [0.2, 0.25) is 0 Å². The van der Waals surface area contributed by atoms with E-state index in [0.29, 0.717) is 12.5 Å². The number of hydrogen-bond acceptors (Lipinski definition) is 3. The van der Waals surface area contributed by atoms with Crippen LogP contribution in [-0.4, -0.2) is 50.1 Å². The molecular weight excluding hydrogens is 302 g/mol. The average Bonchev–Trinajstić information content (AvgIpc) is 2.59. The fraction of sp³-hybridized carbons (Fsp3) is 0.579. The lowest BCUT2D eigenvalue weighted by Gasteiger charge is -2.35. The Morgan fingerprint density at radius 2 is 2.08 bits per heavy atom. The predicted molar refractivity (Wildman–Crippen MR) is 95.2 cm³/mol. The van der Waals surface area contributed by atoms with Crippen molar-refractivity contribution >= 4 is 11.9 Å². The van der Waals surface area contributed by atoms with Crippen molar-refractivity contribution in [2.24, 2.45) is 10.9 Å². The highest BCUT2D eigenvalue weighted by Crippen LogP contribution is 2.34. The molecule has 1 aliphatic carbocycles. The lowest BCUT2D eigenvalue weighted by Crippen LogP contribution is -2.48. The maximum atomic E-state index is 11.8. The van der Waals surface area contributed by atoms with Crippen molar-refractivity contribution in [3.05, 3.63) is 35.4 Å². The number of hydrogen-bond donors (Lipinski definition) is 1. The summed E-state index contributed by atoms with van der Waals surface area (Å²) in [5.74, 6) is 1.51. The summed E-state index contributed by atoms with van der Waals surface area (Å²) in [5.41, 5.74) is 2.93. The van der Waals surface area contributed by atoms with E-state index >= 15 is 0 Å². The Morgan fingerprint density at radius 1 is 1.33 bits per heavy atom. The minimum atomic E-state index is -0.0498. The first kappa shape index (κ1) is 16.8. The summed E-state index contributed by atoms with van der Waals surface area (Å²) in [6.45, 7) is 4.94. The van der Waals surface area contributed by atoms with E-state index in [4.69, 9.17) is 4.74 Å². The van der Waals surface area contributed by atoms with Crippen molar-refractivity contribution < 1.29 is 9.53 Å². The molecule has 5 nitrogen and oxygen atoms in total. The molecule has 0 spiro atoms. The fourth-order valence-corrected chi connectivity index (χ4v) is 3.68. The smallest absolute Gasteiger partial charge is 0.309 e. The zero-order valence-corrected chi connectivity index (χ0v) is 14.6. The monoisotopic (exact) mass is 329 g/mol. The van der Waals surface area contributed by atoms with E-state index in [2.05, 4.69) is 39.5 Å². The first-order valence-corrected chi connectivity index (χ1v) is 8.93. The number of fused-ring (bicyclic) bond motifs is 1. The van der Waals surface area contributed by atoms with Crippen LogP contribution >= 0.6 is 0 Å². The zero-order chi connectivity index (χ0) is 16.9. The molecule has 1 aromatic rings. The number of nitrogens with zero attached hydrogens (tertiary/aromatic N) is 2. The summed E-state index contributed by atoms with van der Waals surface area (Å²) in [4.78, 5) is 18.5. The quantitative estimate of drug-likeness (QED) is 0.523. The number of rotatable bonds is 4. The lowest BCUT2D eigenvalue weighted by molar-refractivity contribution is -0.149. The number of esters is 1. The molecule has 0 amide bonds. The fourth-order valence-electron chi connectivity index (χ4n) is 3.68. The number of nitrogens with one attached hydrogen (secondary N) is 1. The van der Waals surface area contributed by atoms with E-state index < -0.39 is 0 Å². The normalized spacial score (nSPS) is 21.0. The number of ether oxygens (including phenoxy) is 1. The van der Waals surface area contributed by atoms with Gasteiger partial charge < -0.3 is 15.0 Å². The van der Waals surface area contributed by atoms with Crippen LogP contribution in [0.25, 0.3) is 0 Å². The summed E-state index contributed by atoms with van der Waals surface area (Å²) in [6, 6.07) is 8.65. The molecule has 1 fully saturated rings. The Hall–Kier alpha value is -2.04. The lowest BCUT2D eigenvalue weighted by atomic mass is 9.78. The Kier molecular flexibility index (Phi) is 5.38. The van der Waals surface area contributed by atoms with E-state index in [1.807, 2.05) is 14.0 Å². The Morgan fingerprint density at radius 3 is 2.75 bits per heavy atom. The molecule has 1 aromatic carbocycles. The van der Waals surface area contributed by atoms with Crippen LogP contribution in [0.2, 0.25) is 0 Å². The molecule has 0 saturated carbocycles. The summed E-state index contributed by atoms with van der Waals surface area (Å²) in [5, 5.41) is 3.51. The maximum Gasteiger partial charge on any atom is 0.309 e. The van der Waals surface area contributed by atoms with Crippen LogP contribution in [-0.2, 0) is 16.0 Å². The Balaban J connectivity index is 1.47. The number of aliphatic imine (C=N–C) groups is 1. The second-order valence-corrected chi connectivity index (χ2v) is 6.54. The molecule has 0 aromatic heterocycles. The third-order valence-corrected chi connectivity index (χ3v) is 5.09. The van der Waals surface area contributed by atoms with Gasteiger partial charge in [0.05, 0.1) is 12.5 Å². The van der Waals surface area contributed by atoms with E-state index in [1.54, 1.807) is 0 Å². The number of benzene rings is 1. The van der Waals surface area contributed by atoms with Crippen molar-refractivity contribution in [2.45, 2.75) is 32.1 Å². The van der Waals surface area contributed by atoms with Crippen molar-refractivity contribution in [3.8, 4) is 0 Å². The highest BCUT2D eigenvalue weighted by Gasteiger charge is 2.29. The van der Waals surface area contributed by atoms with E-state index in [0.717, 1.165) is 44.9 Å². The summed E-state index contributed by atoms with van der Waals surface area (Å²) >= 11 is 0. The molecule has 1 aliphatic heterocycles. The van der Waals surface area contributed by atoms with E-state index in [9.17, 15) is 4.79 Å². The summed E-state index contributed by atoms with van der Waals surface area (Å²) < 4.78 is 5.13. The molecule has 0 radical (unpaired) electrons. The number of piperidine rings is 1. The molecule has 5 heteroatoms. The van der Waals surface area contributed by atoms with Crippen molar-refractivity contribution in [3.63, 3.8) is 0 Å². The second kappa shape index (κ2) is 7.69. The van der Waals surface area contributed by atoms with Gasteiger partial charge in [-0.15, -0.1) is 0 Å². The van der Waals surface area contributed by atoms with E-state index in [1.165, 1.54) is 11.1 Å². The molecule has 1 heterocycles. The first-order chi connectivity index (χ1) is 11.7. The van der Waals surface area contributed by atoms with Crippen LogP contribution < -0.4 is 5.32 Å². The topological polar surface area (TPSA) is 53.9 Å². The molecule has 1 unspecified atom stereocenters. The van der Waals surface area contributed by atoms with Gasteiger partial charge in [0, 0.05) is 32.6 Å². The van der Waals surface area contributed by atoms with Crippen molar-refractivity contribution in [1.29, 1.82) is 0 Å². The SMILES string of the molecule is CCOC(=O)C1CCN(C(=NC)NCC2Cc3ccccc32)CC1. The van der Waals surface area contributed by atoms with Crippen LogP contribution in [0.3, 0.4) is 0 Å². The molecule has 2 aliphatic rings. The number of carbonyl (C=O) groups is 1. The van der Waals surface area contributed by atoms with Crippen LogP contribution in [0.15, 0.2) is 29.3 Å². The van der Waals surface area contributed by atoms with Gasteiger partial charge in [-0.3, -0.25) is 9.79 Å². The zero-order valence-electron chi connectivity index (χ0n) is 14.6. The van der Waals surface area contributed by atoms with Gasteiger partial charge in [-0.1, -0.05) is 24.3 Å². The van der Waals surface area contributed by atoms with Gasteiger partial charge in [0.15, 0.2) is 5.96 Å². The Labute approximate surface area is 144 Å². The van der Waals surface area contributed by atoms with Crippen molar-refractivity contribution in [1.82, 2.24) is 10.2 Å². The molecule has 1 atom stereocenters. The van der Waals surface area contributed by atoms with Crippen LogP contribution in [0.4, 0.5) is 0 Å². The van der Waals surface area contributed by atoms with Crippen LogP contribution in [0, 0.1) is 5.92 Å². The standard InChI is InChI=1S/C19H27N3O2/c1-3-24-18(23)14-8-10-22(11-9-14)19(20-2)21-13-16-12-15-6-4-5-7-17(15)16/h4-7,14,16H,3,8-13H2,1-2H3,(H,20,21). The summed E-state index contributed by atoms with van der Waals surface area (Å²) in [6.07, 6.45) is 2.82. The third-order valence-electron chi connectivity index (χ3n) is 5.09. The minimum absolute atomic E-state index is 0.0396. The van der Waals surface area contributed by atoms with Gasteiger partial charge in [-0.2, -0.15) is 0 Å². The van der Waals surface area contributed by atoms with Crippen LogP contribution in [0.5, 0.6) is 0 Å². The van der Waals surface area contributed by atoms with E-state index in [-0.39, 0.29) is 11.9 Å². The Bertz CT molecular complexity index is 606. The third kappa shape index (κ3) is 3.55. The number of guanidine groups is 1. The summed E-state index contributed by atoms with van der Waals surface area (Å²) in [7, 11) is 1.83. The maximum absolute atomic E-state index is 11.8. The average molecular weight is 329 g/mol. The van der Waals surface area contributed by atoms with Gasteiger partial charge in [-0.25, -0.2) is 0 Å². The molecule has 130 valence electrons. The number of carbonyl (C=O) groups excluding carboxylic acids is 1. The minimum Gasteiger partial charge on any atom is -0.466 e.